The lowest BCUT2D eigenvalue weighted by Gasteiger charge is -2.39. The molecule has 1 rings (SSSR count). The van der Waals surface area contributed by atoms with Crippen molar-refractivity contribution in [3.05, 3.63) is 0 Å². The number of piperidine rings is 1. The van der Waals surface area contributed by atoms with Gasteiger partial charge in [0.25, 0.3) is 0 Å². The first-order valence-corrected chi connectivity index (χ1v) is 14.2. The van der Waals surface area contributed by atoms with Gasteiger partial charge < -0.3 is 29.0 Å². The number of aliphatic hydroxyl groups excluding tert-OH is 1. The van der Waals surface area contributed by atoms with Crippen LogP contribution >= 0.6 is 0 Å². The molecule has 214 valence electrons. The first-order valence-electron chi connectivity index (χ1n) is 14.2. The second kappa shape index (κ2) is 19.7. The number of carbonyl (C=O) groups is 1. The molecule has 0 aromatic heterocycles. The minimum absolute atomic E-state index is 0. The molecule has 0 aliphatic carbocycles. The van der Waals surface area contributed by atoms with Crippen LogP contribution in [-0.2, 0) is 4.74 Å². The van der Waals surface area contributed by atoms with Gasteiger partial charge in [-0.15, -0.1) is 0 Å². The Morgan fingerprint density at radius 2 is 1.28 bits per heavy atom. The Hall–Kier alpha value is -1.36. The highest BCUT2D eigenvalue weighted by molar-refractivity contribution is 5.68. The molecule has 1 fully saturated rings. The van der Waals surface area contributed by atoms with E-state index < -0.39 is 11.2 Å². The molecule has 2 N–H and O–H groups in total. The van der Waals surface area contributed by atoms with Crippen LogP contribution in [0.25, 0.3) is 0 Å². The minimum Gasteiger partial charge on any atom is -1.00 e. The maximum Gasteiger partial charge on any atom is 0.410 e. The number of likely N-dealkylation sites (tertiary alicyclic amines) is 1. The number of halogens is 1. The largest absolute Gasteiger partial charge is 1.00 e. The monoisotopic (exact) mass is 516 g/mol. The summed E-state index contributed by atoms with van der Waals surface area (Å²) in [5, 5.41) is 18.7. The smallest absolute Gasteiger partial charge is 0.410 e. The maximum atomic E-state index is 11.8. The molecule has 0 unspecified atom stereocenters. The topological polar surface area (TPSA) is 70.0 Å². The number of unbranched alkanes of at least 4 members (excludes halogenated alkanes) is 4. The average molecular weight is 517 g/mol. The molecule has 7 heteroatoms. The number of ether oxygens (including phenoxy) is 1. The van der Waals surface area contributed by atoms with Crippen molar-refractivity contribution in [3.8, 4) is 11.8 Å². The fourth-order valence-electron chi connectivity index (χ4n) is 4.36. The van der Waals surface area contributed by atoms with Gasteiger partial charge in [0.1, 0.15) is 17.8 Å². The van der Waals surface area contributed by atoms with Gasteiger partial charge in [-0.2, -0.15) is 0 Å². The first-order chi connectivity index (χ1) is 16.5. The molecule has 1 aliphatic heterocycles. The van der Waals surface area contributed by atoms with Crippen molar-refractivity contribution in [2.45, 2.75) is 124 Å². The molecule has 1 saturated heterocycles. The second-order valence-electron chi connectivity index (χ2n) is 11.1. The van der Waals surface area contributed by atoms with E-state index in [-0.39, 0.29) is 17.4 Å². The van der Waals surface area contributed by atoms with Crippen molar-refractivity contribution in [3.63, 3.8) is 0 Å². The van der Waals surface area contributed by atoms with Crippen LogP contribution in [-0.4, -0.2) is 82.8 Å². The number of rotatable bonds is 12. The Morgan fingerprint density at radius 3 is 1.58 bits per heavy atom. The van der Waals surface area contributed by atoms with E-state index in [0.29, 0.717) is 25.9 Å². The summed E-state index contributed by atoms with van der Waals surface area (Å²) < 4.78 is 6.68. The van der Waals surface area contributed by atoms with Crippen LogP contribution in [0.4, 0.5) is 4.79 Å². The molecular formula is C29H57FN2O4. The summed E-state index contributed by atoms with van der Waals surface area (Å²) in [6.07, 6.45) is 11.4. The third-order valence-corrected chi connectivity index (χ3v) is 6.59. The summed E-state index contributed by atoms with van der Waals surface area (Å²) in [5.41, 5.74) is -1.61. The third kappa shape index (κ3) is 16.4. The maximum absolute atomic E-state index is 11.8. The molecule has 0 saturated carbocycles. The molecule has 1 amide bonds. The average Bonchev–Trinajstić information content (AvgIpc) is 2.81. The van der Waals surface area contributed by atoms with Gasteiger partial charge in [0, 0.05) is 25.9 Å². The van der Waals surface area contributed by atoms with E-state index in [2.05, 4.69) is 39.5 Å². The SMILES string of the molecule is CC(C)(C)OC(=O)N1CCC(O)(C#CCO)CC1.CCCC[N+](CCCC)(CCCC)CCCC.[F-]. The molecule has 36 heavy (non-hydrogen) atoms. The summed E-state index contributed by atoms with van der Waals surface area (Å²) in [7, 11) is 0. The number of amides is 1. The van der Waals surface area contributed by atoms with E-state index in [1.54, 1.807) is 4.90 Å². The van der Waals surface area contributed by atoms with E-state index in [0.717, 1.165) is 0 Å². The van der Waals surface area contributed by atoms with E-state index in [9.17, 15) is 9.90 Å². The highest BCUT2D eigenvalue weighted by Gasteiger charge is 2.34. The highest BCUT2D eigenvalue weighted by atomic mass is 19.0. The lowest BCUT2D eigenvalue weighted by atomic mass is 9.92. The zero-order chi connectivity index (χ0) is 26.8. The second-order valence-corrected chi connectivity index (χ2v) is 11.1. The summed E-state index contributed by atoms with van der Waals surface area (Å²) in [6.45, 7) is 21.0. The van der Waals surface area contributed by atoms with Gasteiger partial charge in [0.2, 0.25) is 0 Å². The van der Waals surface area contributed by atoms with E-state index in [1.165, 1.54) is 82.0 Å². The molecule has 6 nitrogen and oxygen atoms in total. The fraction of sp³-hybridized carbons (Fsp3) is 0.897. The minimum atomic E-state index is -1.10. The molecule has 1 aliphatic rings. The van der Waals surface area contributed by atoms with Crippen LogP contribution in [0, 0.1) is 11.8 Å². The zero-order valence-corrected chi connectivity index (χ0v) is 24.5. The molecule has 0 atom stereocenters. The van der Waals surface area contributed by atoms with Crippen molar-refractivity contribution in [1.29, 1.82) is 0 Å². The Morgan fingerprint density at radius 1 is 0.889 bits per heavy atom. The zero-order valence-electron chi connectivity index (χ0n) is 24.5. The fourth-order valence-corrected chi connectivity index (χ4v) is 4.36. The normalized spacial score (nSPS) is 15.1. The van der Waals surface area contributed by atoms with Crippen molar-refractivity contribution in [2.24, 2.45) is 0 Å². The van der Waals surface area contributed by atoms with Crippen LogP contribution in [0.3, 0.4) is 0 Å². The standard InChI is InChI=1S/C16H36N.C13H21NO4.FH/c1-5-9-13-17(14-10-6-2,15-11-7-3)16-12-8-4;1-12(2,3)18-11(16)14-8-6-13(17,7-9-14)5-4-10-15;/h5-16H2,1-4H3;15,17H,6-10H2,1-3H3;1H/q+1;;/p-1. The van der Waals surface area contributed by atoms with Gasteiger partial charge in [-0.05, 0) is 46.5 Å². The number of quaternary nitrogens is 1. The summed E-state index contributed by atoms with van der Waals surface area (Å²) >= 11 is 0. The molecule has 0 bridgehead atoms. The molecule has 0 aromatic rings. The van der Waals surface area contributed by atoms with Crippen LogP contribution in [0.5, 0.6) is 0 Å². The van der Waals surface area contributed by atoms with Crippen molar-refractivity contribution >= 4 is 6.09 Å². The molecular weight excluding hydrogens is 459 g/mol. The Kier molecular flexibility index (Phi) is 20.1. The predicted octanol–water partition coefficient (Wildman–Crippen LogP) is 2.75. The Labute approximate surface area is 221 Å². The molecule has 1 heterocycles. The predicted molar refractivity (Wildman–Crippen MR) is 146 cm³/mol. The van der Waals surface area contributed by atoms with Crippen LogP contribution < -0.4 is 4.70 Å². The van der Waals surface area contributed by atoms with Gasteiger partial charge in [-0.3, -0.25) is 0 Å². The Bertz CT molecular complexity index is 579. The van der Waals surface area contributed by atoms with Crippen LogP contribution in [0.2, 0.25) is 0 Å². The summed E-state index contributed by atoms with van der Waals surface area (Å²) in [5.74, 6) is 5.09. The number of carbonyl (C=O) groups excluding carboxylic acids is 1. The lowest BCUT2D eigenvalue weighted by Crippen LogP contribution is -3.00. The summed E-state index contributed by atoms with van der Waals surface area (Å²) in [4.78, 5) is 13.4. The third-order valence-electron chi connectivity index (χ3n) is 6.59. The van der Waals surface area contributed by atoms with Crippen molar-refractivity contribution in [1.82, 2.24) is 4.90 Å². The first kappa shape index (κ1) is 36.8. The Balaban J connectivity index is 0. The van der Waals surface area contributed by atoms with Crippen LogP contribution in [0.15, 0.2) is 0 Å². The number of aliphatic hydroxyl groups is 2. The molecule has 0 spiro atoms. The van der Waals surface area contributed by atoms with E-state index in [4.69, 9.17) is 9.84 Å². The van der Waals surface area contributed by atoms with E-state index in [1.807, 2.05) is 20.8 Å². The van der Waals surface area contributed by atoms with Gasteiger partial charge in [-0.25, -0.2) is 4.79 Å². The number of hydrogen-bond donors (Lipinski definition) is 2. The van der Waals surface area contributed by atoms with Gasteiger partial charge >= 0.3 is 6.09 Å². The van der Waals surface area contributed by atoms with Gasteiger partial charge in [-0.1, -0.05) is 65.2 Å². The van der Waals surface area contributed by atoms with Gasteiger partial charge in [0.05, 0.1) is 26.2 Å². The quantitative estimate of drug-likeness (QED) is 0.309. The molecule has 0 radical (unpaired) electrons. The summed E-state index contributed by atoms with van der Waals surface area (Å²) in [6, 6.07) is 0. The number of nitrogens with zero attached hydrogens (tertiary/aromatic N) is 2. The number of hydrogen-bond acceptors (Lipinski definition) is 4. The highest BCUT2D eigenvalue weighted by Crippen LogP contribution is 2.23. The molecule has 0 aromatic carbocycles. The van der Waals surface area contributed by atoms with E-state index >= 15 is 0 Å². The van der Waals surface area contributed by atoms with Gasteiger partial charge in [0.15, 0.2) is 0 Å². The lowest BCUT2D eigenvalue weighted by molar-refractivity contribution is -0.929. The van der Waals surface area contributed by atoms with Crippen LogP contribution in [0.1, 0.15) is 113 Å². The van der Waals surface area contributed by atoms with Crippen molar-refractivity contribution in [2.75, 3.05) is 45.9 Å². The van der Waals surface area contributed by atoms with Crippen molar-refractivity contribution < 1.29 is 28.9 Å².